The average molecular weight is 341 g/mol. The second-order valence-corrected chi connectivity index (χ2v) is 6.46. The van der Waals surface area contributed by atoms with Crippen LogP contribution in [0.1, 0.15) is 15.9 Å². The number of carbonyl (C=O) groups is 1. The van der Waals surface area contributed by atoms with Gasteiger partial charge < -0.3 is 4.74 Å². The number of rotatable bonds is 5. The number of hydrogen-bond donors (Lipinski definition) is 1. The maximum absolute atomic E-state index is 13.5. The van der Waals surface area contributed by atoms with Gasteiger partial charge >= 0.3 is 5.97 Å². The first-order valence-corrected chi connectivity index (χ1v) is 8.34. The van der Waals surface area contributed by atoms with E-state index in [1.54, 1.807) is 0 Å². The lowest BCUT2D eigenvalue weighted by Crippen LogP contribution is -2.14. The van der Waals surface area contributed by atoms with E-state index in [0.29, 0.717) is 0 Å². The molecule has 0 saturated carbocycles. The summed E-state index contributed by atoms with van der Waals surface area (Å²) in [6.07, 6.45) is 0.942. The third kappa shape index (κ3) is 4.49. The molecule has 0 heterocycles. The smallest absolute Gasteiger partial charge is 0.340 e. The average Bonchev–Trinajstić information content (AvgIpc) is 2.47. The SMILES string of the molecule is CS(=O)(=O)Nc1ccccc1C(=O)OCc1cccc(F)c1F. The van der Waals surface area contributed by atoms with Crippen LogP contribution in [-0.4, -0.2) is 20.6 Å². The molecule has 0 saturated heterocycles. The number of hydrogen-bond acceptors (Lipinski definition) is 4. The number of ether oxygens (including phenoxy) is 1. The number of anilines is 1. The molecule has 0 aliphatic rings. The highest BCUT2D eigenvalue weighted by atomic mass is 32.2. The second kappa shape index (κ2) is 6.74. The van der Waals surface area contributed by atoms with Crippen LogP contribution < -0.4 is 4.72 Å². The molecule has 2 aromatic carbocycles. The highest BCUT2D eigenvalue weighted by Gasteiger charge is 2.16. The van der Waals surface area contributed by atoms with Crippen LogP contribution in [0.25, 0.3) is 0 Å². The molecule has 0 aliphatic carbocycles. The Morgan fingerprint density at radius 2 is 1.83 bits per heavy atom. The first kappa shape index (κ1) is 16.9. The number of benzene rings is 2. The Kier molecular flexibility index (Phi) is 4.95. The molecule has 1 N–H and O–H groups in total. The molecule has 23 heavy (non-hydrogen) atoms. The van der Waals surface area contributed by atoms with Gasteiger partial charge in [-0.05, 0) is 18.2 Å². The summed E-state index contributed by atoms with van der Waals surface area (Å²) in [6, 6.07) is 9.33. The maximum Gasteiger partial charge on any atom is 0.340 e. The molecule has 8 heteroatoms. The number of sulfonamides is 1. The van der Waals surface area contributed by atoms with E-state index < -0.39 is 34.2 Å². The van der Waals surface area contributed by atoms with Gasteiger partial charge in [0, 0.05) is 5.56 Å². The number of halogens is 2. The van der Waals surface area contributed by atoms with Crippen molar-refractivity contribution in [1.29, 1.82) is 0 Å². The number of carbonyl (C=O) groups excluding carboxylic acids is 1. The molecule has 0 aromatic heterocycles. The van der Waals surface area contributed by atoms with Crippen molar-refractivity contribution < 1.29 is 26.7 Å². The van der Waals surface area contributed by atoms with Crippen molar-refractivity contribution in [3.8, 4) is 0 Å². The maximum atomic E-state index is 13.5. The van der Waals surface area contributed by atoms with Crippen molar-refractivity contribution in [2.45, 2.75) is 6.61 Å². The Morgan fingerprint density at radius 1 is 1.13 bits per heavy atom. The van der Waals surface area contributed by atoms with Crippen LogP contribution in [0, 0.1) is 11.6 Å². The lowest BCUT2D eigenvalue weighted by molar-refractivity contribution is 0.0469. The minimum atomic E-state index is -3.58. The summed E-state index contributed by atoms with van der Waals surface area (Å²) in [5.41, 5.74) is -0.110. The molecule has 0 radical (unpaired) electrons. The monoisotopic (exact) mass is 341 g/mol. The first-order valence-electron chi connectivity index (χ1n) is 6.45. The molecule has 2 aromatic rings. The van der Waals surface area contributed by atoms with Crippen LogP contribution in [0.4, 0.5) is 14.5 Å². The lowest BCUT2D eigenvalue weighted by atomic mass is 10.2. The van der Waals surface area contributed by atoms with E-state index in [0.717, 1.165) is 12.3 Å². The van der Waals surface area contributed by atoms with Crippen molar-refractivity contribution >= 4 is 21.7 Å². The lowest BCUT2D eigenvalue weighted by Gasteiger charge is -2.11. The van der Waals surface area contributed by atoms with Crippen LogP contribution >= 0.6 is 0 Å². The zero-order valence-corrected chi connectivity index (χ0v) is 12.9. The Labute approximate surface area is 132 Å². The van der Waals surface area contributed by atoms with E-state index in [9.17, 15) is 22.0 Å². The molecule has 5 nitrogen and oxygen atoms in total. The Morgan fingerprint density at radius 3 is 2.52 bits per heavy atom. The van der Waals surface area contributed by atoms with Crippen molar-refractivity contribution in [3.63, 3.8) is 0 Å². The third-order valence-electron chi connectivity index (χ3n) is 2.83. The predicted molar refractivity (Wildman–Crippen MR) is 80.4 cm³/mol. The Bertz CT molecular complexity index is 837. The van der Waals surface area contributed by atoms with Gasteiger partial charge in [-0.25, -0.2) is 22.0 Å². The van der Waals surface area contributed by atoms with Crippen LogP contribution in [-0.2, 0) is 21.4 Å². The molecular formula is C15H13F2NO4S. The molecule has 0 amide bonds. The first-order chi connectivity index (χ1) is 10.8. The molecule has 0 bridgehead atoms. The highest BCUT2D eigenvalue weighted by molar-refractivity contribution is 7.92. The largest absolute Gasteiger partial charge is 0.457 e. The van der Waals surface area contributed by atoms with E-state index in [-0.39, 0.29) is 16.8 Å². The predicted octanol–water partition coefficient (Wildman–Crippen LogP) is 2.69. The summed E-state index contributed by atoms with van der Waals surface area (Å²) < 4.78 is 56.3. The molecule has 122 valence electrons. The van der Waals surface area contributed by atoms with Gasteiger partial charge in [0.05, 0.1) is 17.5 Å². The standard InChI is InChI=1S/C15H13F2NO4S/c1-23(20,21)18-13-8-3-2-6-11(13)15(19)22-9-10-5-4-7-12(16)14(10)17/h2-8,18H,9H2,1H3. The van der Waals surface area contributed by atoms with Crippen molar-refractivity contribution in [1.82, 2.24) is 0 Å². The fourth-order valence-electron chi connectivity index (χ4n) is 1.83. The topological polar surface area (TPSA) is 72.5 Å². The van der Waals surface area contributed by atoms with Crippen LogP contribution in [0.5, 0.6) is 0 Å². The summed E-state index contributed by atoms with van der Waals surface area (Å²) in [6.45, 7) is -0.477. The van der Waals surface area contributed by atoms with Gasteiger partial charge in [0.25, 0.3) is 0 Å². The van der Waals surface area contributed by atoms with E-state index >= 15 is 0 Å². The summed E-state index contributed by atoms with van der Waals surface area (Å²) >= 11 is 0. The normalized spacial score (nSPS) is 11.1. The van der Waals surface area contributed by atoms with Crippen LogP contribution in [0.2, 0.25) is 0 Å². The molecular weight excluding hydrogens is 328 g/mol. The van der Waals surface area contributed by atoms with Crippen LogP contribution in [0.15, 0.2) is 42.5 Å². The summed E-state index contributed by atoms with van der Waals surface area (Å²) in [5.74, 6) is -3.00. The Hall–Kier alpha value is -2.48. The minimum absolute atomic E-state index is 0.0327. The van der Waals surface area contributed by atoms with Gasteiger partial charge in [0.1, 0.15) is 6.61 Å². The minimum Gasteiger partial charge on any atom is -0.457 e. The zero-order valence-electron chi connectivity index (χ0n) is 12.0. The molecule has 2 rings (SSSR count). The summed E-state index contributed by atoms with van der Waals surface area (Å²) in [7, 11) is -3.58. The fraction of sp³-hybridized carbons (Fsp3) is 0.133. The van der Waals surface area contributed by atoms with Crippen molar-refractivity contribution in [2.75, 3.05) is 11.0 Å². The molecule has 0 spiro atoms. The highest BCUT2D eigenvalue weighted by Crippen LogP contribution is 2.19. The third-order valence-corrected chi connectivity index (χ3v) is 3.42. The van der Waals surface area contributed by atoms with Gasteiger partial charge in [-0.3, -0.25) is 4.72 Å². The van der Waals surface area contributed by atoms with E-state index in [4.69, 9.17) is 4.74 Å². The molecule has 0 fully saturated rings. The molecule has 0 atom stereocenters. The van der Waals surface area contributed by atoms with Crippen molar-refractivity contribution in [2.24, 2.45) is 0 Å². The zero-order chi connectivity index (χ0) is 17.0. The van der Waals surface area contributed by atoms with Crippen LogP contribution in [0.3, 0.4) is 0 Å². The Balaban J connectivity index is 2.17. The van der Waals surface area contributed by atoms with Gasteiger partial charge in [-0.2, -0.15) is 0 Å². The second-order valence-electron chi connectivity index (χ2n) is 4.71. The van der Waals surface area contributed by atoms with E-state index in [2.05, 4.69) is 4.72 Å². The number of esters is 1. The van der Waals surface area contributed by atoms with E-state index in [1.807, 2.05) is 0 Å². The van der Waals surface area contributed by atoms with Gasteiger partial charge in [0.15, 0.2) is 11.6 Å². The van der Waals surface area contributed by atoms with Gasteiger partial charge in [0.2, 0.25) is 10.0 Å². The fourth-order valence-corrected chi connectivity index (χ4v) is 2.41. The molecule has 0 unspecified atom stereocenters. The van der Waals surface area contributed by atoms with Gasteiger partial charge in [-0.1, -0.05) is 24.3 Å². The van der Waals surface area contributed by atoms with Gasteiger partial charge in [-0.15, -0.1) is 0 Å². The van der Waals surface area contributed by atoms with Crippen molar-refractivity contribution in [3.05, 3.63) is 65.2 Å². The number of para-hydroxylation sites is 1. The van der Waals surface area contributed by atoms with E-state index in [1.165, 1.54) is 36.4 Å². The summed E-state index contributed by atoms with van der Waals surface area (Å²) in [5, 5.41) is 0. The quantitative estimate of drug-likeness (QED) is 0.849. The summed E-state index contributed by atoms with van der Waals surface area (Å²) in [4.78, 5) is 12.0. The molecule has 0 aliphatic heterocycles. The number of nitrogens with one attached hydrogen (secondary N) is 1.